The molecule has 3 aliphatic rings. The second-order valence-electron chi connectivity index (χ2n) is 3.63. The van der Waals surface area contributed by atoms with Crippen LogP contribution in [0.25, 0.3) is 0 Å². The second kappa shape index (κ2) is 2.73. The molecule has 3 saturated heterocycles. The standard InChI is InChI=1S/C8H17N3/c1-3-9-11-5-7-4-8(6-11)10(7)2/h7-9H,3-6H2,1-2H3. The van der Waals surface area contributed by atoms with Crippen molar-refractivity contribution in [2.45, 2.75) is 25.4 Å². The average Bonchev–Trinajstić information content (AvgIpc) is 2.05. The average molecular weight is 155 g/mol. The first-order valence-electron chi connectivity index (χ1n) is 4.51. The van der Waals surface area contributed by atoms with Crippen molar-refractivity contribution in [2.24, 2.45) is 0 Å². The fourth-order valence-corrected chi connectivity index (χ4v) is 2.15. The van der Waals surface area contributed by atoms with Gasteiger partial charge in [-0.05, 0) is 13.5 Å². The summed E-state index contributed by atoms with van der Waals surface area (Å²) in [6, 6.07) is 1.65. The van der Waals surface area contributed by atoms with Crippen molar-refractivity contribution in [3.05, 3.63) is 0 Å². The Bertz CT molecular complexity index is 136. The van der Waals surface area contributed by atoms with Crippen molar-refractivity contribution in [3.8, 4) is 0 Å². The Kier molecular flexibility index (Phi) is 1.87. The number of piperidine rings is 1. The molecule has 2 atom stereocenters. The Morgan fingerprint density at radius 3 is 2.45 bits per heavy atom. The number of fused-ring (bicyclic) bond motifs is 2. The molecule has 11 heavy (non-hydrogen) atoms. The van der Waals surface area contributed by atoms with E-state index in [9.17, 15) is 0 Å². The number of hydrogen-bond donors (Lipinski definition) is 1. The zero-order chi connectivity index (χ0) is 7.84. The van der Waals surface area contributed by atoms with Gasteiger partial charge in [0.05, 0.1) is 0 Å². The number of hydrogen-bond acceptors (Lipinski definition) is 3. The first kappa shape index (κ1) is 7.53. The first-order chi connectivity index (χ1) is 5.31. The van der Waals surface area contributed by atoms with Crippen LogP contribution in [0.3, 0.4) is 0 Å². The smallest absolute Gasteiger partial charge is 0.0288 e. The fraction of sp³-hybridized carbons (Fsp3) is 1.00. The van der Waals surface area contributed by atoms with Crippen LogP contribution < -0.4 is 5.43 Å². The highest BCUT2D eigenvalue weighted by molar-refractivity contribution is 4.97. The molecule has 0 aromatic carbocycles. The van der Waals surface area contributed by atoms with Gasteiger partial charge in [0.2, 0.25) is 0 Å². The number of hydrazine groups is 1. The molecular formula is C8H17N3. The van der Waals surface area contributed by atoms with E-state index in [2.05, 4.69) is 29.3 Å². The van der Waals surface area contributed by atoms with Gasteiger partial charge < -0.3 is 0 Å². The molecule has 0 aromatic heterocycles. The predicted molar refractivity (Wildman–Crippen MR) is 45.2 cm³/mol. The van der Waals surface area contributed by atoms with E-state index >= 15 is 0 Å². The van der Waals surface area contributed by atoms with E-state index in [1.807, 2.05) is 0 Å². The molecule has 0 aromatic rings. The minimum atomic E-state index is 0.827. The molecule has 0 amide bonds. The lowest BCUT2D eigenvalue weighted by Gasteiger charge is -2.54. The maximum Gasteiger partial charge on any atom is 0.0288 e. The lowest BCUT2D eigenvalue weighted by atomic mass is 9.89. The van der Waals surface area contributed by atoms with E-state index < -0.39 is 0 Å². The number of nitrogens with one attached hydrogen (secondary N) is 1. The summed E-state index contributed by atoms with van der Waals surface area (Å²) in [4.78, 5) is 2.49. The molecule has 3 heteroatoms. The molecule has 2 unspecified atom stereocenters. The molecule has 0 radical (unpaired) electrons. The third-order valence-corrected chi connectivity index (χ3v) is 2.94. The van der Waals surface area contributed by atoms with Gasteiger partial charge in [-0.2, -0.15) is 0 Å². The molecule has 0 saturated carbocycles. The Balaban J connectivity index is 1.84. The van der Waals surface area contributed by atoms with Crippen LogP contribution in [0.4, 0.5) is 0 Å². The van der Waals surface area contributed by atoms with Crippen LogP contribution in [0.1, 0.15) is 13.3 Å². The number of piperazine rings is 1. The molecule has 1 N–H and O–H groups in total. The molecule has 3 heterocycles. The van der Waals surface area contributed by atoms with Gasteiger partial charge in [-0.3, -0.25) is 10.3 Å². The highest BCUT2D eigenvalue weighted by atomic mass is 15.5. The van der Waals surface area contributed by atoms with E-state index in [1.54, 1.807) is 0 Å². The molecule has 3 fully saturated rings. The molecule has 64 valence electrons. The summed E-state index contributed by atoms with van der Waals surface area (Å²) in [5, 5.41) is 2.36. The highest BCUT2D eigenvalue weighted by Crippen LogP contribution is 2.28. The van der Waals surface area contributed by atoms with Gasteiger partial charge in [0.1, 0.15) is 0 Å². The third-order valence-electron chi connectivity index (χ3n) is 2.94. The van der Waals surface area contributed by atoms with Gasteiger partial charge in [-0.1, -0.05) is 6.92 Å². The maximum absolute atomic E-state index is 3.37. The van der Waals surface area contributed by atoms with Crippen molar-refractivity contribution >= 4 is 0 Å². The summed E-state index contributed by atoms with van der Waals surface area (Å²) in [6.45, 7) is 5.63. The molecular weight excluding hydrogens is 138 g/mol. The molecule has 0 spiro atoms. The summed E-state index contributed by atoms with van der Waals surface area (Å²) in [6.07, 6.45) is 1.42. The molecule has 3 rings (SSSR count). The topological polar surface area (TPSA) is 18.5 Å². The van der Waals surface area contributed by atoms with Crippen LogP contribution in [-0.2, 0) is 0 Å². The number of likely N-dealkylation sites (N-methyl/N-ethyl adjacent to an activating group) is 1. The SMILES string of the molecule is CCNN1CC2CC(C1)N2C. The quantitative estimate of drug-likeness (QED) is 0.601. The summed E-state index contributed by atoms with van der Waals surface area (Å²) in [5.41, 5.74) is 3.37. The van der Waals surface area contributed by atoms with E-state index in [-0.39, 0.29) is 0 Å². The second-order valence-corrected chi connectivity index (χ2v) is 3.63. The Labute approximate surface area is 68.3 Å². The van der Waals surface area contributed by atoms with Crippen LogP contribution >= 0.6 is 0 Å². The van der Waals surface area contributed by atoms with Gasteiger partial charge in [0.15, 0.2) is 0 Å². The Hall–Kier alpha value is -0.120. The van der Waals surface area contributed by atoms with Gasteiger partial charge in [-0.15, -0.1) is 0 Å². The first-order valence-corrected chi connectivity index (χ1v) is 4.51. The lowest BCUT2D eigenvalue weighted by Crippen LogP contribution is -2.69. The van der Waals surface area contributed by atoms with Gasteiger partial charge >= 0.3 is 0 Å². The van der Waals surface area contributed by atoms with Gasteiger partial charge in [0.25, 0.3) is 0 Å². The highest BCUT2D eigenvalue weighted by Gasteiger charge is 2.41. The maximum atomic E-state index is 3.37. The summed E-state index contributed by atoms with van der Waals surface area (Å²) < 4.78 is 0. The van der Waals surface area contributed by atoms with Crippen LogP contribution in [0, 0.1) is 0 Å². The van der Waals surface area contributed by atoms with Crippen LogP contribution in [0.2, 0.25) is 0 Å². The zero-order valence-corrected chi connectivity index (χ0v) is 7.38. The van der Waals surface area contributed by atoms with Crippen molar-refractivity contribution in [1.29, 1.82) is 0 Å². The van der Waals surface area contributed by atoms with E-state index in [0.29, 0.717) is 0 Å². The van der Waals surface area contributed by atoms with Crippen LogP contribution in [-0.4, -0.2) is 48.7 Å². The van der Waals surface area contributed by atoms with Crippen LogP contribution in [0.15, 0.2) is 0 Å². The molecule has 3 nitrogen and oxygen atoms in total. The zero-order valence-electron chi connectivity index (χ0n) is 7.38. The summed E-state index contributed by atoms with van der Waals surface area (Å²) in [5.74, 6) is 0. The van der Waals surface area contributed by atoms with Crippen molar-refractivity contribution < 1.29 is 0 Å². The number of rotatable bonds is 2. The molecule has 0 aliphatic carbocycles. The third kappa shape index (κ3) is 1.17. The minimum absolute atomic E-state index is 0.827. The van der Waals surface area contributed by atoms with E-state index in [1.165, 1.54) is 19.5 Å². The van der Waals surface area contributed by atoms with Crippen molar-refractivity contribution in [2.75, 3.05) is 26.7 Å². The van der Waals surface area contributed by atoms with Gasteiger partial charge in [-0.25, -0.2) is 5.01 Å². The molecule has 3 aliphatic heterocycles. The summed E-state index contributed by atoms with van der Waals surface area (Å²) >= 11 is 0. The monoisotopic (exact) mass is 155 g/mol. The van der Waals surface area contributed by atoms with E-state index in [0.717, 1.165) is 18.6 Å². The minimum Gasteiger partial charge on any atom is -0.298 e. The van der Waals surface area contributed by atoms with Crippen LogP contribution in [0.5, 0.6) is 0 Å². The fourth-order valence-electron chi connectivity index (χ4n) is 2.15. The Morgan fingerprint density at radius 1 is 1.36 bits per heavy atom. The largest absolute Gasteiger partial charge is 0.298 e. The Morgan fingerprint density at radius 2 is 2.00 bits per heavy atom. The van der Waals surface area contributed by atoms with Gasteiger partial charge in [0, 0.05) is 31.7 Å². The normalized spacial score (nSPS) is 38.7. The molecule has 2 bridgehead atoms. The predicted octanol–water partition coefficient (Wildman–Crippen LogP) is -0.101. The van der Waals surface area contributed by atoms with Crippen molar-refractivity contribution in [3.63, 3.8) is 0 Å². The van der Waals surface area contributed by atoms with E-state index in [4.69, 9.17) is 0 Å². The number of nitrogens with zero attached hydrogens (tertiary/aromatic N) is 2. The van der Waals surface area contributed by atoms with Crippen molar-refractivity contribution in [1.82, 2.24) is 15.3 Å². The lowest BCUT2D eigenvalue weighted by molar-refractivity contribution is -0.0686. The summed E-state index contributed by atoms with van der Waals surface area (Å²) in [7, 11) is 2.24.